The molecule has 0 saturated heterocycles. The summed E-state index contributed by atoms with van der Waals surface area (Å²) in [6, 6.07) is 7.59. The molecule has 14 heteroatoms. The Morgan fingerprint density at radius 2 is 1.79 bits per heavy atom. The third kappa shape index (κ3) is 4.59. The Hall–Kier alpha value is -3.70. The summed E-state index contributed by atoms with van der Waals surface area (Å²) in [7, 11) is -4.22. The summed E-state index contributed by atoms with van der Waals surface area (Å²) in [5.41, 5.74) is -3.49. The molecule has 0 bridgehead atoms. The Morgan fingerprint density at radius 1 is 1.18 bits per heavy atom. The van der Waals surface area contributed by atoms with Crippen LogP contribution in [0.4, 0.5) is 13.2 Å². The van der Waals surface area contributed by atoms with Gasteiger partial charge in [-0.1, -0.05) is 0 Å². The summed E-state index contributed by atoms with van der Waals surface area (Å²) < 4.78 is 65.2. The molecule has 33 heavy (non-hydrogen) atoms. The highest BCUT2D eigenvalue weighted by molar-refractivity contribution is 7.89. The van der Waals surface area contributed by atoms with Crippen molar-refractivity contribution in [2.75, 3.05) is 5.75 Å². The van der Waals surface area contributed by atoms with Crippen LogP contribution < -0.4 is 16.4 Å². The van der Waals surface area contributed by atoms with Crippen LogP contribution in [0.2, 0.25) is 0 Å². The summed E-state index contributed by atoms with van der Waals surface area (Å²) in [4.78, 5) is 25.9. The van der Waals surface area contributed by atoms with E-state index < -0.39 is 55.2 Å². The van der Waals surface area contributed by atoms with Crippen molar-refractivity contribution in [1.82, 2.24) is 18.9 Å². The van der Waals surface area contributed by atoms with E-state index in [9.17, 15) is 31.2 Å². The van der Waals surface area contributed by atoms with Gasteiger partial charge >= 0.3 is 12.0 Å². The van der Waals surface area contributed by atoms with Gasteiger partial charge in [0.25, 0.3) is 5.56 Å². The highest BCUT2D eigenvalue weighted by Gasteiger charge is 2.38. The molecule has 2 N–H and O–H groups in total. The van der Waals surface area contributed by atoms with E-state index >= 15 is 0 Å². The van der Waals surface area contributed by atoms with Crippen LogP contribution >= 0.6 is 0 Å². The van der Waals surface area contributed by atoms with E-state index in [1.54, 1.807) is 0 Å². The van der Waals surface area contributed by atoms with E-state index in [4.69, 9.17) is 10.4 Å². The number of nitriles is 1. The van der Waals surface area contributed by atoms with Crippen molar-refractivity contribution in [2.24, 2.45) is 5.14 Å². The third-order valence-electron chi connectivity index (χ3n) is 4.83. The monoisotopic (exact) mass is 482 g/mol. The lowest BCUT2D eigenvalue weighted by molar-refractivity contribution is -0.208. The molecule has 0 amide bonds. The maximum Gasteiger partial charge on any atom is 0.492 e. The summed E-state index contributed by atoms with van der Waals surface area (Å²) in [5.74, 6) is -0.933. The Bertz CT molecular complexity index is 1480. The molecular weight excluding hydrogens is 465 g/mol. The number of benzene rings is 1. The minimum Gasteiger partial charge on any atom is -0.268 e. The van der Waals surface area contributed by atoms with E-state index in [1.165, 1.54) is 41.2 Å². The number of nitrogens with zero attached hydrogens (tertiary/aromatic N) is 5. The van der Waals surface area contributed by atoms with Crippen molar-refractivity contribution in [2.45, 2.75) is 26.2 Å². The van der Waals surface area contributed by atoms with Crippen molar-refractivity contribution in [3.63, 3.8) is 0 Å². The number of alkyl halides is 3. The minimum absolute atomic E-state index is 0.0724. The maximum absolute atomic E-state index is 13.8. The van der Waals surface area contributed by atoms with Gasteiger partial charge in [0, 0.05) is 5.69 Å². The number of aromatic nitrogens is 4. The number of halogens is 3. The Labute approximate surface area is 185 Å². The smallest absolute Gasteiger partial charge is 0.268 e. The van der Waals surface area contributed by atoms with Gasteiger partial charge in [-0.3, -0.25) is 9.36 Å². The van der Waals surface area contributed by atoms with Crippen molar-refractivity contribution < 1.29 is 21.6 Å². The van der Waals surface area contributed by atoms with Gasteiger partial charge in [-0.05, 0) is 44.2 Å². The van der Waals surface area contributed by atoms with Crippen LogP contribution in [0.1, 0.15) is 24.2 Å². The largest absolute Gasteiger partial charge is 0.492 e. The lowest BCUT2D eigenvalue weighted by Gasteiger charge is -2.22. The fourth-order valence-corrected chi connectivity index (χ4v) is 4.32. The first-order chi connectivity index (χ1) is 15.3. The van der Waals surface area contributed by atoms with E-state index in [2.05, 4.69) is 5.10 Å². The van der Waals surface area contributed by atoms with Crippen molar-refractivity contribution in [1.29, 1.82) is 5.26 Å². The second-order valence-electron chi connectivity index (χ2n) is 7.19. The molecule has 0 aliphatic heterocycles. The van der Waals surface area contributed by atoms with Crippen molar-refractivity contribution in [3.05, 3.63) is 68.6 Å². The molecule has 10 nitrogen and oxygen atoms in total. The molecule has 1 unspecified atom stereocenters. The standard InChI is InChI=1S/C19H17F3N6O4S/c1-11(10-33(24,31)32)26-17(29)16(12(2)27(18(26)30)19(20,21)22)15-7-8-25-28(15)14-5-3-13(9-23)4-6-14/h3-8,11H,10H2,1-2H3,(H2,24,31,32). The van der Waals surface area contributed by atoms with Crippen LogP contribution in [-0.2, 0) is 16.3 Å². The lowest BCUT2D eigenvalue weighted by Crippen LogP contribution is -2.48. The molecule has 1 aromatic carbocycles. The third-order valence-corrected chi connectivity index (χ3v) is 5.78. The quantitative estimate of drug-likeness (QED) is 0.581. The molecule has 0 aliphatic rings. The van der Waals surface area contributed by atoms with Crippen LogP contribution in [0, 0.1) is 18.3 Å². The van der Waals surface area contributed by atoms with E-state index in [0.29, 0.717) is 11.3 Å². The molecule has 174 valence electrons. The van der Waals surface area contributed by atoms with Crippen LogP contribution in [0.5, 0.6) is 0 Å². The Morgan fingerprint density at radius 3 is 2.30 bits per heavy atom. The van der Waals surface area contributed by atoms with Crippen LogP contribution in [-0.4, -0.2) is 33.1 Å². The van der Waals surface area contributed by atoms with Gasteiger partial charge in [-0.2, -0.15) is 10.4 Å². The highest BCUT2D eigenvalue weighted by Crippen LogP contribution is 2.28. The van der Waals surface area contributed by atoms with E-state index in [1.807, 2.05) is 6.07 Å². The Kier molecular flexibility index (Phi) is 6.05. The normalized spacial score (nSPS) is 13.0. The van der Waals surface area contributed by atoms with Gasteiger partial charge in [-0.25, -0.2) is 27.6 Å². The fourth-order valence-electron chi connectivity index (χ4n) is 3.49. The zero-order valence-electron chi connectivity index (χ0n) is 17.2. The molecule has 0 spiro atoms. The first-order valence-corrected chi connectivity index (χ1v) is 11.0. The number of hydrogen-bond donors (Lipinski definition) is 1. The van der Waals surface area contributed by atoms with Gasteiger partial charge in [0.2, 0.25) is 10.0 Å². The summed E-state index contributed by atoms with van der Waals surface area (Å²) in [6.07, 6.45) is -3.96. The van der Waals surface area contributed by atoms with Crippen LogP contribution in [0.3, 0.4) is 0 Å². The van der Waals surface area contributed by atoms with E-state index in [0.717, 1.165) is 13.8 Å². The SMILES string of the molecule is Cc1c(-c2ccnn2-c2ccc(C#N)cc2)c(=O)n(C(C)CS(N)(=O)=O)c(=O)n1C(F)(F)F. The average Bonchev–Trinajstić information content (AvgIpc) is 3.14. The van der Waals surface area contributed by atoms with Gasteiger partial charge in [0.05, 0.1) is 46.6 Å². The number of hydrogen-bond acceptors (Lipinski definition) is 6. The maximum atomic E-state index is 13.8. The number of sulfonamides is 1. The molecule has 1 atom stereocenters. The summed E-state index contributed by atoms with van der Waals surface area (Å²) in [6.45, 7) is 2.06. The van der Waals surface area contributed by atoms with Gasteiger partial charge in [0.1, 0.15) is 0 Å². The average molecular weight is 482 g/mol. The molecule has 2 heterocycles. The second kappa shape index (κ2) is 8.34. The first-order valence-electron chi connectivity index (χ1n) is 9.27. The second-order valence-corrected chi connectivity index (χ2v) is 8.85. The predicted octanol–water partition coefficient (Wildman–Crippen LogP) is 1.37. The zero-order valence-corrected chi connectivity index (χ0v) is 18.1. The molecule has 0 fully saturated rings. The Balaban J connectivity index is 2.38. The summed E-state index contributed by atoms with van der Waals surface area (Å²) >= 11 is 0. The number of nitrogens with two attached hydrogens (primary N) is 1. The van der Waals surface area contributed by atoms with Crippen LogP contribution in [0.15, 0.2) is 46.1 Å². The van der Waals surface area contributed by atoms with Gasteiger partial charge in [0.15, 0.2) is 0 Å². The van der Waals surface area contributed by atoms with Gasteiger partial charge in [-0.15, -0.1) is 13.2 Å². The first kappa shape index (κ1) is 24.0. The molecule has 0 saturated carbocycles. The molecule has 3 aromatic rings. The van der Waals surface area contributed by atoms with Gasteiger partial charge < -0.3 is 0 Å². The fraction of sp³-hybridized carbons (Fsp3) is 0.263. The lowest BCUT2D eigenvalue weighted by atomic mass is 10.1. The topological polar surface area (TPSA) is 146 Å². The molecule has 3 rings (SSSR count). The van der Waals surface area contributed by atoms with Crippen LogP contribution in [0.25, 0.3) is 16.9 Å². The molecule has 0 radical (unpaired) electrons. The van der Waals surface area contributed by atoms with Crippen molar-refractivity contribution >= 4 is 10.0 Å². The zero-order chi connectivity index (χ0) is 24.7. The molecular formula is C19H17F3N6O4S. The molecule has 2 aromatic heterocycles. The number of rotatable bonds is 5. The van der Waals surface area contributed by atoms with E-state index in [-0.39, 0.29) is 10.3 Å². The van der Waals surface area contributed by atoms with Crippen molar-refractivity contribution in [3.8, 4) is 23.0 Å². The number of primary sulfonamides is 1. The highest BCUT2D eigenvalue weighted by atomic mass is 32.2. The predicted molar refractivity (Wildman–Crippen MR) is 111 cm³/mol. The minimum atomic E-state index is -5.20. The molecule has 0 aliphatic carbocycles. The summed E-state index contributed by atoms with van der Waals surface area (Å²) in [5, 5.41) is 18.0.